The number of anilines is 2. The fraction of sp³-hybridized carbons (Fsp3) is 0.391. The molecule has 0 fully saturated rings. The van der Waals surface area contributed by atoms with Gasteiger partial charge in [-0.1, -0.05) is 26.0 Å². The summed E-state index contributed by atoms with van der Waals surface area (Å²) in [5, 5.41) is 5.69. The SMILES string of the molecule is CC[C@H](Oc1ccc(N(C)S(C)(=O)=O)cc1)C(=O)Nc1ccccc1C(=O)N[C@@H](C)CC. The van der Waals surface area contributed by atoms with E-state index < -0.39 is 16.1 Å². The van der Waals surface area contributed by atoms with Gasteiger partial charge in [0.2, 0.25) is 10.0 Å². The third kappa shape index (κ3) is 6.71. The van der Waals surface area contributed by atoms with Crippen LogP contribution in [0.25, 0.3) is 0 Å². The first-order chi connectivity index (χ1) is 15.1. The number of nitrogens with zero attached hydrogens (tertiary/aromatic N) is 1. The van der Waals surface area contributed by atoms with E-state index in [9.17, 15) is 18.0 Å². The molecule has 2 aromatic carbocycles. The van der Waals surface area contributed by atoms with Crippen molar-refractivity contribution < 1.29 is 22.7 Å². The van der Waals surface area contributed by atoms with Crippen LogP contribution in [0.15, 0.2) is 48.5 Å². The number of nitrogens with one attached hydrogen (secondary N) is 2. The molecule has 0 aliphatic heterocycles. The number of carbonyl (C=O) groups is 2. The molecule has 8 nitrogen and oxygen atoms in total. The Bertz CT molecular complexity index is 1040. The van der Waals surface area contributed by atoms with Gasteiger partial charge >= 0.3 is 0 Å². The summed E-state index contributed by atoms with van der Waals surface area (Å²) in [5.41, 5.74) is 1.27. The van der Waals surface area contributed by atoms with Crippen molar-refractivity contribution in [2.75, 3.05) is 22.9 Å². The Balaban J connectivity index is 2.12. The van der Waals surface area contributed by atoms with E-state index in [4.69, 9.17) is 4.74 Å². The van der Waals surface area contributed by atoms with Crippen molar-refractivity contribution in [3.05, 3.63) is 54.1 Å². The van der Waals surface area contributed by atoms with Gasteiger partial charge in [-0.25, -0.2) is 8.42 Å². The lowest BCUT2D eigenvalue weighted by Gasteiger charge is -2.20. The molecular formula is C23H31N3O5S. The Hall–Kier alpha value is -3.07. The van der Waals surface area contributed by atoms with Crippen molar-refractivity contribution in [2.24, 2.45) is 0 Å². The maximum absolute atomic E-state index is 12.9. The number of carbonyl (C=O) groups excluding carboxylic acids is 2. The topological polar surface area (TPSA) is 105 Å². The Labute approximate surface area is 190 Å². The van der Waals surface area contributed by atoms with Crippen molar-refractivity contribution >= 4 is 33.2 Å². The van der Waals surface area contributed by atoms with E-state index in [1.54, 1.807) is 48.5 Å². The van der Waals surface area contributed by atoms with Crippen LogP contribution < -0.4 is 19.7 Å². The minimum Gasteiger partial charge on any atom is -0.481 e. The molecule has 9 heteroatoms. The Morgan fingerprint density at radius 2 is 1.66 bits per heavy atom. The van der Waals surface area contributed by atoms with Crippen LogP contribution in [0.2, 0.25) is 0 Å². The summed E-state index contributed by atoms with van der Waals surface area (Å²) in [4.78, 5) is 25.4. The number of ether oxygens (including phenoxy) is 1. The highest BCUT2D eigenvalue weighted by molar-refractivity contribution is 7.92. The first-order valence-corrected chi connectivity index (χ1v) is 12.3. The molecule has 2 atom stereocenters. The molecule has 0 saturated heterocycles. The molecule has 0 unspecified atom stereocenters. The lowest BCUT2D eigenvalue weighted by Crippen LogP contribution is -2.35. The van der Waals surface area contributed by atoms with E-state index in [2.05, 4.69) is 10.6 Å². The van der Waals surface area contributed by atoms with Crippen LogP contribution in [0.5, 0.6) is 5.75 Å². The average Bonchev–Trinajstić information content (AvgIpc) is 2.76. The van der Waals surface area contributed by atoms with E-state index >= 15 is 0 Å². The van der Waals surface area contributed by atoms with Crippen molar-refractivity contribution in [3.8, 4) is 5.75 Å². The highest BCUT2D eigenvalue weighted by atomic mass is 32.2. The fourth-order valence-corrected chi connectivity index (χ4v) is 3.32. The summed E-state index contributed by atoms with van der Waals surface area (Å²) in [5.74, 6) is -0.205. The summed E-state index contributed by atoms with van der Waals surface area (Å²) < 4.78 is 30.3. The third-order valence-corrected chi connectivity index (χ3v) is 6.26. The molecule has 0 aliphatic carbocycles. The van der Waals surface area contributed by atoms with Crippen molar-refractivity contribution in [3.63, 3.8) is 0 Å². The molecular weight excluding hydrogens is 430 g/mol. The van der Waals surface area contributed by atoms with Crippen LogP contribution in [-0.4, -0.2) is 45.7 Å². The quantitative estimate of drug-likeness (QED) is 0.564. The fourth-order valence-electron chi connectivity index (χ4n) is 2.82. The summed E-state index contributed by atoms with van der Waals surface area (Å²) in [6.07, 6.45) is 1.53. The number of hydrogen-bond donors (Lipinski definition) is 2. The third-order valence-electron chi connectivity index (χ3n) is 5.06. The van der Waals surface area contributed by atoms with Gasteiger partial charge in [0.15, 0.2) is 6.10 Å². The van der Waals surface area contributed by atoms with Crippen molar-refractivity contribution in [1.82, 2.24) is 5.32 Å². The van der Waals surface area contributed by atoms with Crippen LogP contribution in [0.4, 0.5) is 11.4 Å². The summed E-state index contributed by atoms with van der Waals surface area (Å²) in [6, 6.07) is 13.3. The van der Waals surface area contributed by atoms with Crippen LogP contribution in [0.3, 0.4) is 0 Å². The number of amides is 2. The van der Waals surface area contributed by atoms with Crippen LogP contribution in [0, 0.1) is 0 Å². The second kappa shape index (κ2) is 11.0. The van der Waals surface area contributed by atoms with Crippen LogP contribution >= 0.6 is 0 Å². The zero-order valence-electron chi connectivity index (χ0n) is 19.1. The minimum absolute atomic E-state index is 0.0164. The molecule has 0 saturated carbocycles. The highest BCUT2D eigenvalue weighted by Gasteiger charge is 2.22. The second-order valence-corrected chi connectivity index (χ2v) is 9.57. The van der Waals surface area contributed by atoms with Gasteiger partial charge in [0.05, 0.1) is 23.2 Å². The molecule has 32 heavy (non-hydrogen) atoms. The van der Waals surface area contributed by atoms with E-state index in [1.807, 2.05) is 20.8 Å². The minimum atomic E-state index is -3.37. The number of hydrogen-bond acceptors (Lipinski definition) is 5. The second-order valence-electron chi connectivity index (χ2n) is 7.56. The molecule has 2 N–H and O–H groups in total. The number of sulfonamides is 1. The molecule has 2 rings (SSSR count). The molecule has 0 bridgehead atoms. The largest absolute Gasteiger partial charge is 0.481 e. The summed E-state index contributed by atoms with van der Waals surface area (Å²) in [6.45, 7) is 5.71. The highest BCUT2D eigenvalue weighted by Crippen LogP contribution is 2.22. The monoisotopic (exact) mass is 461 g/mol. The van der Waals surface area contributed by atoms with Crippen LogP contribution in [-0.2, 0) is 14.8 Å². The van der Waals surface area contributed by atoms with Gasteiger partial charge in [-0.3, -0.25) is 13.9 Å². The molecule has 2 aromatic rings. The first kappa shape index (κ1) is 25.2. The van der Waals surface area contributed by atoms with Gasteiger partial charge in [0, 0.05) is 13.1 Å². The predicted molar refractivity (Wildman–Crippen MR) is 127 cm³/mol. The van der Waals surface area contributed by atoms with E-state index in [0.29, 0.717) is 29.1 Å². The van der Waals surface area contributed by atoms with Crippen molar-refractivity contribution in [2.45, 2.75) is 45.8 Å². The van der Waals surface area contributed by atoms with Gasteiger partial charge in [-0.05, 0) is 56.2 Å². The predicted octanol–water partition coefficient (Wildman–Crippen LogP) is 3.41. The van der Waals surface area contributed by atoms with Gasteiger partial charge in [-0.2, -0.15) is 0 Å². The molecule has 0 spiro atoms. The van der Waals surface area contributed by atoms with Crippen molar-refractivity contribution in [1.29, 1.82) is 0 Å². The van der Waals surface area contributed by atoms with Gasteiger partial charge < -0.3 is 15.4 Å². The zero-order chi connectivity index (χ0) is 23.9. The van der Waals surface area contributed by atoms with E-state index in [0.717, 1.165) is 17.0 Å². The standard InChI is InChI=1S/C23H31N3O5S/c1-6-16(3)24-22(27)19-10-8-9-11-20(19)25-23(28)21(7-2)31-18-14-12-17(13-15-18)26(4)32(5,29)30/h8-16,21H,6-7H2,1-5H3,(H,24,27)(H,25,28)/t16-,21-/m0/s1. The molecule has 2 amide bonds. The lowest BCUT2D eigenvalue weighted by molar-refractivity contribution is -0.122. The number of rotatable bonds is 10. The van der Waals surface area contributed by atoms with Crippen LogP contribution in [0.1, 0.15) is 44.0 Å². The average molecular weight is 462 g/mol. The normalized spacial score (nSPS) is 13.0. The molecule has 0 aliphatic rings. The number of para-hydroxylation sites is 1. The Morgan fingerprint density at radius 3 is 2.22 bits per heavy atom. The molecule has 0 radical (unpaired) electrons. The Morgan fingerprint density at radius 1 is 1.03 bits per heavy atom. The number of benzene rings is 2. The first-order valence-electron chi connectivity index (χ1n) is 10.5. The molecule has 0 heterocycles. The zero-order valence-corrected chi connectivity index (χ0v) is 19.9. The van der Waals surface area contributed by atoms with E-state index in [1.165, 1.54) is 7.05 Å². The smallest absolute Gasteiger partial charge is 0.265 e. The lowest BCUT2D eigenvalue weighted by atomic mass is 10.1. The Kier molecular flexibility index (Phi) is 8.65. The van der Waals surface area contributed by atoms with Gasteiger partial charge in [-0.15, -0.1) is 0 Å². The van der Waals surface area contributed by atoms with Gasteiger partial charge in [0.1, 0.15) is 5.75 Å². The molecule has 0 aromatic heterocycles. The van der Waals surface area contributed by atoms with E-state index in [-0.39, 0.29) is 17.9 Å². The summed E-state index contributed by atoms with van der Waals surface area (Å²) >= 11 is 0. The molecule has 174 valence electrons. The maximum Gasteiger partial charge on any atom is 0.265 e. The van der Waals surface area contributed by atoms with Gasteiger partial charge in [0.25, 0.3) is 11.8 Å². The maximum atomic E-state index is 12.9. The summed E-state index contributed by atoms with van der Waals surface area (Å²) in [7, 11) is -1.91.